The van der Waals surface area contributed by atoms with Crippen LogP contribution in [0.5, 0.6) is 0 Å². The summed E-state index contributed by atoms with van der Waals surface area (Å²) in [6, 6.07) is 9.93. The molecule has 0 aliphatic carbocycles. The van der Waals surface area contributed by atoms with E-state index < -0.39 is 0 Å². The molecule has 0 unspecified atom stereocenters. The zero-order valence-electron chi connectivity index (χ0n) is 9.46. The molecule has 2 heterocycles. The number of aryl methyl sites for hydroxylation is 1. The molecule has 1 radical (unpaired) electrons. The fraction of sp³-hybridized carbons (Fsp3) is 0.154. The fourth-order valence-corrected chi connectivity index (χ4v) is 1.76. The molecule has 0 bridgehead atoms. The number of hydrogen-bond donors (Lipinski definition) is 0. The molecule has 0 N–H and O–H groups in total. The Bertz CT molecular complexity index is 643. The summed E-state index contributed by atoms with van der Waals surface area (Å²) in [5.41, 5.74) is 3.37. The van der Waals surface area contributed by atoms with E-state index in [4.69, 9.17) is 0 Å². The zero-order chi connectivity index (χ0) is 11.7. The van der Waals surface area contributed by atoms with Crippen molar-refractivity contribution in [2.24, 2.45) is 0 Å². The normalized spacial score (nSPS) is 10.9. The Morgan fingerprint density at radius 2 is 2.06 bits per heavy atom. The van der Waals surface area contributed by atoms with E-state index in [-0.39, 0.29) is 0 Å². The monoisotopic (exact) mass is 223 g/mol. The topological polar surface area (TPSA) is 43.6 Å². The molecule has 1 aromatic carbocycles. The minimum Gasteiger partial charge on any atom is -0.246 e. The highest BCUT2D eigenvalue weighted by atomic mass is 15.3. The highest BCUT2D eigenvalue weighted by Gasteiger charge is 2.07. The molecule has 0 spiro atoms. The summed E-state index contributed by atoms with van der Waals surface area (Å²) >= 11 is 0. The van der Waals surface area contributed by atoms with Crippen LogP contribution >= 0.6 is 0 Å². The van der Waals surface area contributed by atoms with Crippen LogP contribution in [0.3, 0.4) is 0 Å². The van der Waals surface area contributed by atoms with Crippen molar-refractivity contribution < 1.29 is 0 Å². The third-order valence-corrected chi connectivity index (χ3v) is 2.64. The maximum absolute atomic E-state index is 4.56. The van der Waals surface area contributed by atoms with E-state index in [1.54, 1.807) is 6.20 Å². The quantitative estimate of drug-likeness (QED) is 0.669. The van der Waals surface area contributed by atoms with Gasteiger partial charge in [0.2, 0.25) is 0 Å². The Labute approximate surface area is 98.9 Å². The van der Waals surface area contributed by atoms with E-state index in [1.165, 1.54) is 0 Å². The highest BCUT2D eigenvalue weighted by Crippen LogP contribution is 2.17. The smallest absolute Gasteiger partial charge is 0.177 e. The molecule has 0 aliphatic heterocycles. The van der Waals surface area contributed by atoms with Gasteiger partial charge >= 0.3 is 0 Å². The Hall–Kier alpha value is -2.23. The van der Waals surface area contributed by atoms with Crippen molar-refractivity contribution in [1.29, 1.82) is 0 Å². The van der Waals surface area contributed by atoms with E-state index >= 15 is 0 Å². The molecule has 0 aliphatic rings. The van der Waals surface area contributed by atoms with Crippen molar-refractivity contribution in [3.05, 3.63) is 42.7 Å². The molecule has 0 saturated heterocycles. The molecule has 4 heteroatoms. The zero-order valence-corrected chi connectivity index (χ0v) is 9.46. The number of fused-ring (bicyclic) bond motifs is 1. The molecule has 0 saturated carbocycles. The van der Waals surface area contributed by atoms with Crippen molar-refractivity contribution >= 4 is 11.2 Å². The lowest BCUT2D eigenvalue weighted by Gasteiger charge is -2.01. The van der Waals surface area contributed by atoms with Crippen LogP contribution in [0.4, 0.5) is 0 Å². The molecular formula is C13H11N4. The van der Waals surface area contributed by atoms with Gasteiger partial charge in [-0.2, -0.15) is 5.10 Å². The van der Waals surface area contributed by atoms with E-state index in [1.807, 2.05) is 41.9 Å². The standard InChI is InChI=1S/C13H11N4/c1-2-17-13-12(9-15-17)14-8-11(16-13)10-6-4-3-5-7-10/h3-7,9H,2H2,1H3. The first kappa shape index (κ1) is 9.96. The van der Waals surface area contributed by atoms with Gasteiger partial charge in [-0.3, -0.25) is 0 Å². The third kappa shape index (κ3) is 1.67. The second kappa shape index (κ2) is 3.97. The second-order valence-electron chi connectivity index (χ2n) is 3.72. The van der Waals surface area contributed by atoms with E-state index in [0.717, 1.165) is 29.0 Å². The van der Waals surface area contributed by atoms with Crippen molar-refractivity contribution in [2.75, 3.05) is 0 Å². The summed E-state index contributed by atoms with van der Waals surface area (Å²) in [4.78, 5) is 8.81. The number of nitrogens with zero attached hydrogens (tertiary/aromatic N) is 4. The van der Waals surface area contributed by atoms with Gasteiger partial charge in [0, 0.05) is 12.1 Å². The number of hydrogen-bond acceptors (Lipinski definition) is 3. The molecule has 3 rings (SSSR count). The second-order valence-corrected chi connectivity index (χ2v) is 3.72. The van der Waals surface area contributed by atoms with Crippen molar-refractivity contribution in [2.45, 2.75) is 13.5 Å². The van der Waals surface area contributed by atoms with Gasteiger partial charge in [0.1, 0.15) is 17.4 Å². The van der Waals surface area contributed by atoms with Crippen LogP contribution in [-0.2, 0) is 6.54 Å². The molecule has 0 amide bonds. The van der Waals surface area contributed by atoms with Crippen molar-refractivity contribution in [1.82, 2.24) is 19.7 Å². The van der Waals surface area contributed by atoms with Gasteiger partial charge < -0.3 is 0 Å². The van der Waals surface area contributed by atoms with E-state index in [0.29, 0.717) is 0 Å². The first-order chi connectivity index (χ1) is 8.38. The van der Waals surface area contributed by atoms with Crippen LogP contribution in [-0.4, -0.2) is 19.7 Å². The molecule has 2 aromatic heterocycles. The van der Waals surface area contributed by atoms with Crippen LogP contribution < -0.4 is 0 Å². The Morgan fingerprint density at radius 1 is 1.24 bits per heavy atom. The average molecular weight is 223 g/mol. The number of aromatic nitrogens is 4. The highest BCUT2D eigenvalue weighted by molar-refractivity contribution is 5.72. The summed E-state index contributed by atoms with van der Waals surface area (Å²) in [6.45, 7) is 2.82. The predicted octanol–water partition coefficient (Wildman–Crippen LogP) is 2.31. The first-order valence-electron chi connectivity index (χ1n) is 5.55. The van der Waals surface area contributed by atoms with Gasteiger partial charge in [-0.15, -0.1) is 0 Å². The van der Waals surface area contributed by atoms with Crippen LogP contribution in [0.2, 0.25) is 0 Å². The van der Waals surface area contributed by atoms with Crippen LogP contribution in [0.15, 0.2) is 36.5 Å². The van der Waals surface area contributed by atoms with Crippen LogP contribution in [0, 0.1) is 6.20 Å². The van der Waals surface area contributed by atoms with E-state index in [9.17, 15) is 0 Å². The lowest BCUT2D eigenvalue weighted by molar-refractivity contribution is 0.677. The summed E-state index contributed by atoms with van der Waals surface area (Å²) in [7, 11) is 0. The van der Waals surface area contributed by atoms with E-state index in [2.05, 4.69) is 21.3 Å². The Balaban J connectivity index is 2.19. The molecule has 4 nitrogen and oxygen atoms in total. The van der Waals surface area contributed by atoms with Crippen LogP contribution in [0.1, 0.15) is 6.92 Å². The van der Waals surface area contributed by atoms with Gasteiger partial charge in [-0.05, 0) is 6.92 Å². The van der Waals surface area contributed by atoms with Gasteiger partial charge in [-0.25, -0.2) is 14.6 Å². The summed E-state index contributed by atoms with van der Waals surface area (Å²) in [5.74, 6) is 0. The minimum atomic E-state index is 0.758. The Kier molecular flexibility index (Phi) is 2.33. The fourth-order valence-electron chi connectivity index (χ4n) is 1.76. The molecular weight excluding hydrogens is 212 g/mol. The maximum Gasteiger partial charge on any atom is 0.177 e. The van der Waals surface area contributed by atoms with Gasteiger partial charge in [-0.1, -0.05) is 30.3 Å². The molecule has 0 fully saturated rings. The van der Waals surface area contributed by atoms with Gasteiger partial charge in [0.15, 0.2) is 5.65 Å². The van der Waals surface area contributed by atoms with Gasteiger partial charge in [0.05, 0.1) is 6.20 Å². The first-order valence-corrected chi connectivity index (χ1v) is 5.55. The van der Waals surface area contributed by atoms with Gasteiger partial charge in [0.25, 0.3) is 0 Å². The largest absolute Gasteiger partial charge is 0.246 e. The predicted molar refractivity (Wildman–Crippen MR) is 65.3 cm³/mol. The average Bonchev–Trinajstić information content (AvgIpc) is 2.81. The summed E-state index contributed by atoms with van der Waals surface area (Å²) < 4.78 is 1.84. The summed E-state index contributed by atoms with van der Waals surface area (Å²) in [6.07, 6.45) is 4.67. The Morgan fingerprint density at radius 3 is 2.82 bits per heavy atom. The SMILES string of the molecule is CCn1ncc2n[c]c(-c3ccccc3)nc21. The number of rotatable bonds is 2. The maximum atomic E-state index is 4.56. The lowest BCUT2D eigenvalue weighted by atomic mass is 10.2. The molecule has 0 atom stereocenters. The summed E-state index contributed by atoms with van der Waals surface area (Å²) in [5, 5.41) is 4.22. The molecule has 17 heavy (non-hydrogen) atoms. The third-order valence-electron chi connectivity index (χ3n) is 2.64. The molecule has 3 aromatic rings. The number of benzene rings is 1. The van der Waals surface area contributed by atoms with Crippen molar-refractivity contribution in [3.63, 3.8) is 0 Å². The minimum absolute atomic E-state index is 0.758. The van der Waals surface area contributed by atoms with Crippen LogP contribution in [0.25, 0.3) is 22.4 Å². The lowest BCUT2D eigenvalue weighted by Crippen LogP contribution is -1.98. The molecule has 83 valence electrons. The van der Waals surface area contributed by atoms with Crippen molar-refractivity contribution in [3.8, 4) is 11.3 Å².